The first-order chi connectivity index (χ1) is 10.5. The van der Waals surface area contributed by atoms with E-state index in [1.165, 1.54) is 22.6 Å². The van der Waals surface area contributed by atoms with Crippen LogP contribution >= 0.6 is 0 Å². The molecule has 0 aliphatic heterocycles. The van der Waals surface area contributed by atoms with Gasteiger partial charge in [0.1, 0.15) is 6.54 Å². The fourth-order valence-corrected chi connectivity index (χ4v) is 2.12. The molecule has 0 bridgehead atoms. The highest BCUT2D eigenvalue weighted by Gasteiger charge is 2.19. The summed E-state index contributed by atoms with van der Waals surface area (Å²) in [5, 5.41) is 10.9. The maximum Gasteiger partial charge on any atom is 0.284 e. The summed E-state index contributed by atoms with van der Waals surface area (Å²) in [7, 11) is 1.51. The van der Waals surface area contributed by atoms with E-state index in [0.29, 0.717) is 5.65 Å². The largest absolute Gasteiger partial charge is 0.321 e. The summed E-state index contributed by atoms with van der Waals surface area (Å²) in [4.78, 5) is 16.2. The van der Waals surface area contributed by atoms with Gasteiger partial charge < -0.3 is 5.32 Å². The Labute approximate surface area is 123 Å². The summed E-state index contributed by atoms with van der Waals surface area (Å²) in [5.74, 6) is -0.481. The number of nitrogens with zero attached hydrogens (tertiary/aromatic N) is 5. The zero-order chi connectivity index (χ0) is 15.7. The van der Waals surface area contributed by atoms with Crippen LogP contribution in [0.1, 0.15) is 12.1 Å². The van der Waals surface area contributed by atoms with E-state index in [0.717, 1.165) is 5.39 Å². The number of fused-ring (bicyclic) bond motifs is 1. The highest BCUT2D eigenvalue weighted by atomic mass is 19.3. The summed E-state index contributed by atoms with van der Waals surface area (Å²) in [5.41, 5.74) is 0.0872. The van der Waals surface area contributed by atoms with Crippen molar-refractivity contribution in [3.05, 3.63) is 36.4 Å². The SMILES string of the molecule is Cn1cc(NC(=O)Cn2ncc3cccnc32)c(C(F)F)n1. The minimum atomic E-state index is -2.76. The van der Waals surface area contributed by atoms with Crippen LogP contribution in [0.15, 0.2) is 30.7 Å². The number of carbonyl (C=O) groups excluding carboxylic acids is 1. The summed E-state index contributed by atoms with van der Waals surface area (Å²) >= 11 is 0. The van der Waals surface area contributed by atoms with Crippen molar-refractivity contribution in [2.24, 2.45) is 7.05 Å². The molecule has 0 saturated carbocycles. The fraction of sp³-hybridized carbons (Fsp3) is 0.231. The van der Waals surface area contributed by atoms with Crippen LogP contribution in [0, 0.1) is 0 Å². The zero-order valence-electron chi connectivity index (χ0n) is 11.6. The van der Waals surface area contributed by atoms with E-state index in [1.54, 1.807) is 18.5 Å². The lowest BCUT2D eigenvalue weighted by Gasteiger charge is -2.05. The van der Waals surface area contributed by atoms with Gasteiger partial charge in [-0.3, -0.25) is 9.48 Å². The normalized spacial score (nSPS) is 11.3. The lowest BCUT2D eigenvalue weighted by molar-refractivity contribution is -0.116. The minimum Gasteiger partial charge on any atom is -0.321 e. The van der Waals surface area contributed by atoms with Gasteiger partial charge in [0.05, 0.1) is 11.9 Å². The molecule has 3 rings (SSSR count). The van der Waals surface area contributed by atoms with E-state index in [4.69, 9.17) is 0 Å². The Morgan fingerprint density at radius 1 is 1.45 bits per heavy atom. The molecule has 114 valence electrons. The van der Waals surface area contributed by atoms with Crippen molar-refractivity contribution in [2.45, 2.75) is 13.0 Å². The molecule has 1 amide bonds. The Balaban J connectivity index is 1.78. The van der Waals surface area contributed by atoms with Gasteiger partial charge in [-0.25, -0.2) is 18.4 Å². The van der Waals surface area contributed by atoms with E-state index in [-0.39, 0.29) is 12.2 Å². The fourth-order valence-electron chi connectivity index (χ4n) is 2.12. The number of nitrogens with one attached hydrogen (secondary N) is 1. The number of pyridine rings is 1. The minimum absolute atomic E-state index is 0.00748. The number of hydrogen-bond donors (Lipinski definition) is 1. The van der Waals surface area contributed by atoms with E-state index < -0.39 is 18.0 Å². The molecule has 9 heteroatoms. The molecule has 0 radical (unpaired) electrons. The molecule has 0 atom stereocenters. The molecule has 0 unspecified atom stereocenters. The molecule has 0 fully saturated rings. The van der Waals surface area contributed by atoms with E-state index >= 15 is 0 Å². The standard InChI is InChI=1S/C13H12F2N6O/c1-20-6-9(11(19-20)12(14)15)18-10(22)7-21-13-8(5-17-21)3-2-4-16-13/h2-6,12H,7H2,1H3,(H,18,22). The monoisotopic (exact) mass is 306 g/mol. The zero-order valence-corrected chi connectivity index (χ0v) is 11.6. The Hall–Kier alpha value is -2.84. The van der Waals surface area contributed by atoms with Crippen LogP contribution in [0.5, 0.6) is 0 Å². The quantitative estimate of drug-likeness (QED) is 0.796. The number of aryl methyl sites for hydroxylation is 1. The van der Waals surface area contributed by atoms with Crippen molar-refractivity contribution >= 4 is 22.6 Å². The first-order valence-electron chi connectivity index (χ1n) is 6.42. The second kappa shape index (κ2) is 5.51. The van der Waals surface area contributed by atoms with Gasteiger partial charge in [0.25, 0.3) is 6.43 Å². The highest BCUT2D eigenvalue weighted by molar-refractivity contribution is 5.91. The van der Waals surface area contributed by atoms with Gasteiger partial charge in [-0.05, 0) is 12.1 Å². The van der Waals surface area contributed by atoms with Gasteiger partial charge >= 0.3 is 0 Å². The average Bonchev–Trinajstić information content (AvgIpc) is 3.03. The molecule has 0 aliphatic carbocycles. The van der Waals surface area contributed by atoms with E-state index in [9.17, 15) is 13.6 Å². The molecule has 0 saturated heterocycles. The second-order valence-corrected chi connectivity index (χ2v) is 4.67. The number of carbonyl (C=O) groups is 1. The van der Waals surface area contributed by atoms with Crippen LogP contribution in [0.3, 0.4) is 0 Å². The number of anilines is 1. The van der Waals surface area contributed by atoms with Crippen molar-refractivity contribution < 1.29 is 13.6 Å². The third-order valence-corrected chi connectivity index (χ3v) is 3.03. The maximum atomic E-state index is 12.8. The Bertz CT molecular complexity index is 825. The molecular formula is C13H12F2N6O. The molecule has 22 heavy (non-hydrogen) atoms. The number of rotatable bonds is 4. The molecule has 0 spiro atoms. The summed E-state index contributed by atoms with van der Waals surface area (Å²) in [6.07, 6.45) is 1.75. The predicted molar refractivity (Wildman–Crippen MR) is 74.3 cm³/mol. The number of aromatic nitrogens is 5. The van der Waals surface area contributed by atoms with Crippen molar-refractivity contribution in [2.75, 3.05) is 5.32 Å². The Kier molecular flexibility index (Phi) is 3.53. The third kappa shape index (κ3) is 2.65. The second-order valence-electron chi connectivity index (χ2n) is 4.67. The van der Waals surface area contributed by atoms with Gasteiger partial charge in [-0.1, -0.05) is 0 Å². The predicted octanol–water partition coefficient (Wildman–Crippen LogP) is 1.74. The van der Waals surface area contributed by atoms with Gasteiger partial charge in [-0.15, -0.1) is 0 Å². The molecular weight excluding hydrogens is 294 g/mol. The van der Waals surface area contributed by atoms with Crippen molar-refractivity contribution in [3.8, 4) is 0 Å². The van der Waals surface area contributed by atoms with Crippen LogP contribution in [0.25, 0.3) is 11.0 Å². The summed E-state index contributed by atoms with van der Waals surface area (Å²) in [6.45, 7) is -0.127. The number of halogens is 2. The molecule has 7 nitrogen and oxygen atoms in total. The van der Waals surface area contributed by atoms with Crippen LogP contribution in [-0.2, 0) is 18.4 Å². The van der Waals surface area contributed by atoms with Crippen LogP contribution in [0.4, 0.5) is 14.5 Å². The molecule has 0 aliphatic rings. The number of alkyl halides is 2. The Morgan fingerprint density at radius 2 is 2.27 bits per heavy atom. The van der Waals surface area contributed by atoms with Gasteiger partial charge in [0.2, 0.25) is 5.91 Å². The molecule has 3 aromatic rings. The van der Waals surface area contributed by atoms with Crippen LogP contribution < -0.4 is 5.32 Å². The first-order valence-corrected chi connectivity index (χ1v) is 6.42. The lowest BCUT2D eigenvalue weighted by Crippen LogP contribution is -2.20. The maximum absolute atomic E-state index is 12.8. The smallest absolute Gasteiger partial charge is 0.284 e. The number of hydrogen-bond acceptors (Lipinski definition) is 4. The molecule has 1 N–H and O–H groups in total. The lowest BCUT2D eigenvalue weighted by atomic mass is 10.3. The van der Waals surface area contributed by atoms with E-state index in [2.05, 4.69) is 20.5 Å². The van der Waals surface area contributed by atoms with Gasteiger partial charge in [0, 0.05) is 24.8 Å². The first kappa shape index (κ1) is 14.1. The van der Waals surface area contributed by atoms with Gasteiger partial charge in [0.15, 0.2) is 11.3 Å². The third-order valence-electron chi connectivity index (χ3n) is 3.03. The van der Waals surface area contributed by atoms with Gasteiger partial charge in [-0.2, -0.15) is 10.2 Å². The number of amides is 1. The van der Waals surface area contributed by atoms with Crippen molar-refractivity contribution in [1.29, 1.82) is 0 Å². The summed E-state index contributed by atoms with van der Waals surface area (Å²) < 4.78 is 28.3. The van der Waals surface area contributed by atoms with Crippen molar-refractivity contribution in [1.82, 2.24) is 24.5 Å². The van der Waals surface area contributed by atoms with Crippen LogP contribution in [0.2, 0.25) is 0 Å². The highest BCUT2D eigenvalue weighted by Crippen LogP contribution is 2.25. The Morgan fingerprint density at radius 3 is 3.05 bits per heavy atom. The molecule has 3 aromatic heterocycles. The van der Waals surface area contributed by atoms with Crippen LogP contribution in [-0.4, -0.2) is 30.5 Å². The van der Waals surface area contributed by atoms with Crippen molar-refractivity contribution in [3.63, 3.8) is 0 Å². The summed E-state index contributed by atoms with van der Waals surface area (Å²) in [6, 6.07) is 3.58. The molecule has 3 heterocycles. The topological polar surface area (TPSA) is 77.6 Å². The molecule has 0 aromatic carbocycles. The van der Waals surface area contributed by atoms with E-state index in [1.807, 2.05) is 6.07 Å². The average molecular weight is 306 g/mol.